The molecular formula is C20H17ClN4O4. The number of hydrogen-bond donors (Lipinski definition) is 2. The summed E-state index contributed by atoms with van der Waals surface area (Å²) in [5.41, 5.74) is 6.95. The molecule has 1 heterocycles. The van der Waals surface area contributed by atoms with Crippen molar-refractivity contribution in [2.24, 2.45) is 5.10 Å². The van der Waals surface area contributed by atoms with Crippen LogP contribution in [0.3, 0.4) is 0 Å². The summed E-state index contributed by atoms with van der Waals surface area (Å²) in [5, 5.41) is 24.2. The number of aryl methyl sites for hydroxylation is 1. The van der Waals surface area contributed by atoms with Crippen molar-refractivity contribution >= 4 is 35.2 Å². The van der Waals surface area contributed by atoms with E-state index in [1.54, 1.807) is 30.5 Å². The van der Waals surface area contributed by atoms with Crippen LogP contribution >= 0.6 is 11.6 Å². The second-order valence-electron chi connectivity index (χ2n) is 6.31. The van der Waals surface area contributed by atoms with Crippen LogP contribution in [0.4, 0.5) is 11.4 Å². The minimum Gasteiger partial charge on any atom is -0.478 e. The van der Waals surface area contributed by atoms with E-state index in [1.165, 1.54) is 18.2 Å². The van der Waals surface area contributed by atoms with Gasteiger partial charge in [0.2, 0.25) is 0 Å². The molecule has 148 valence electrons. The minimum absolute atomic E-state index is 0.00986. The summed E-state index contributed by atoms with van der Waals surface area (Å²) in [6.45, 7) is 3.84. The Bertz CT molecular complexity index is 1120. The molecule has 0 aliphatic heterocycles. The predicted molar refractivity (Wildman–Crippen MR) is 112 cm³/mol. The van der Waals surface area contributed by atoms with Gasteiger partial charge in [-0.25, -0.2) is 4.79 Å². The maximum atomic E-state index is 11.1. The summed E-state index contributed by atoms with van der Waals surface area (Å²) in [5.74, 6) is -1.08. The highest BCUT2D eigenvalue weighted by Gasteiger charge is 2.13. The molecular weight excluding hydrogens is 396 g/mol. The van der Waals surface area contributed by atoms with Crippen molar-refractivity contribution in [3.05, 3.63) is 86.2 Å². The Morgan fingerprint density at radius 1 is 1.21 bits per heavy atom. The molecule has 3 rings (SSSR count). The van der Waals surface area contributed by atoms with E-state index in [2.05, 4.69) is 10.5 Å². The van der Waals surface area contributed by atoms with Crippen molar-refractivity contribution in [3.8, 4) is 5.69 Å². The molecule has 8 nitrogen and oxygen atoms in total. The lowest BCUT2D eigenvalue weighted by molar-refractivity contribution is -0.384. The number of anilines is 1. The van der Waals surface area contributed by atoms with Gasteiger partial charge < -0.3 is 9.67 Å². The van der Waals surface area contributed by atoms with E-state index in [0.29, 0.717) is 5.69 Å². The monoisotopic (exact) mass is 412 g/mol. The smallest absolute Gasteiger partial charge is 0.337 e. The third-order valence-corrected chi connectivity index (χ3v) is 4.70. The molecule has 0 radical (unpaired) electrons. The first kappa shape index (κ1) is 20.1. The van der Waals surface area contributed by atoms with E-state index < -0.39 is 10.9 Å². The van der Waals surface area contributed by atoms with Crippen LogP contribution in [0.15, 0.2) is 53.6 Å². The van der Waals surface area contributed by atoms with Crippen molar-refractivity contribution in [3.63, 3.8) is 0 Å². The highest BCUT2D eigenvalue weighted by atomic mass is 35.5. The zero-order valence-electron chi connectivity index (χ0n) is 15.6. The fourth-order valence-electron chi connectivity index (χ4n) is 2.97. The van der Waals surface area contributed by atoms with E-state index in [1.807, 2.05) is 24.5 Å². The van der Waals surface area contributed by atoms with Gasteiger partial charge in [0.05, 0.1) is 27.4 Å². The second-order valence-corrected chi connectivity index (χ2v) is 6.71. The molecule has 0 spiro atoms. The number of nitro benzene ring substituents is 1. The Hall–Kier alpha value is -3.65. The van der Waals surface area contributed by atoms with Gasteiger partial charge in [-0.05, 0) is 50.2 Å². The fraction of sp³-hybridized carbons (Fsp3) is 0.100. The molecule has 0 aliphatic carbocycles. The minimum atomic E-state index is -1.08. The van der Waals surface area contributed by atoms with E-state index in [4.69, 9.17) is 16.7 Å². The molecule has 0 atom stereocenters. The third-order valence-electron chi connectivity index (χ3n) is 4.39. The lowest BCUT2D eigenvalue weighted by atomic mass is 10.2. The van der Waals surface area contributed by atoms with E-state index in [0.717, 1.165) is 22.6 Å². The Morgan fingerprint density at radius 2 is 1.90 bits per heavy atom. The van der Waals surface area contributed by atoms with Crippen molar-refractivity contribution in [2.75, 3.05) is 5.43 Å². The fourth-order valence-corrected chi connectivity index (χ4v) is 3.22. The molecule has 0 unspecified atom stereocenters. The van der Waals surface area contributed by atoms with Gasteiger partial charge in [0, 0.05) is 34.8 Å². The van der Waals surface area contributed by atoms with Crippen LogP contribution in [-0.2, 0) is 0 Å². The Kier molecular flexibility index (Phi) is 5.65. The van der Waals surface area contributed by atoms with Gasteiger partial charge >= 0.3 is 5.97 Å². The topological polar surface area (TPSA) is 110 Å². The number of carboxylic acid groups (broad SMARTS) is 1. The predicted octanol–water partition coefficient (Wildman–Crippen LogP) is 4.80. The molecule has 1 aromatic heterocycles. The SMILES string of the molecule is Cc1cc(/C=N\Nc2ccc([N+](=O)[O-])cc2)c(C)n1-c1ccc(C(=O)O)c(Cl)c1. The number of benzene rings is 2. The molecule has 2 N–H and O–H groups in total. The van der Waals surface area contributed by atoms with E-state index in [9.17, 15) is 14.9 Å². The van der Waals surface area contributed by atoms with Gasteiger partial charge in [0.1, 0.15) is 0 Å². The Labute approximate surface area is 171 Å². The van der Waals surface area contributed by atoms with E-state index >= 15 is 0 Å². The van der Waals surface area contributed by atoms with Crippen molar-refractivity contribution in [1.29, 1.82) is 0 Å². The first-order valence-corrected chi connectivity index (χ1v) is 8.91. The molecule has 0 bridgehead atoms. The van der Waals surface area contributed by atoms with Crippen LogP contribution < -0.4 is 5.43 Å². The normalized spacial score (nSPS) is 11.0. The van der Waals surface area contributed by atoms with E-state index in [-0.39, 0.29) is 16.3 Å². The first-order valence-electron chi connectivity index (χ1n) is 8.53. The highest BCUT2D eigenvalue weighted by molar-refractivity contribution is 6.33. The summed E-state index contributed by atoms with van der Waals surface area (Å²) in [7, 11) is 0. The Balaban J connectivity index is 1.82. The largest absolute Gasteiger partial charge is 0.478 e. The number of nitrogens with zero attached hydrogens (tertiary/aromatic N) is 3. The van der Waals surface area contributed by atoms with Crippen LogP contribution in [0.25, 0.3) is 5.69 Å². The molecule has 29 heavy (non-hydrogen) atoms. The number of hydrazone groups is 1. The lowest BCUT2D eigenvalue weighted by Crippen LogP contribution is -2.03. The second kappa shape index (κ2) is 8.15. The summed E-state index contributed by atoms with van der Waals surface area (Å²) < 4.78 is 1.95. The van der Waals surface area contributed by atoms with Gasteiger partial charge in [-0.1, -0.05) is 11.6 Å². The summed E-state index contributed by atoms with van der Waals surface area (Å²) >= 11 is 6.10. The summed E-state index contributed by atoms with van der Waals surface area (Å²) in [6, 6.07) is 12.7. The number of aromatic carboxylic acids is 1. The number of aromatic nitrogens is 1. The third kappa shape index (κ3) is 4.27. The van der Waals surface area contributed by atoms with Crippen molar-refractivity contribution < 1.29 is 14.8 Å². The van der Waals surface area contributed by atoms with Crippen molar-refractivity contribution in [1.82, 2.24) is 4.57 Å². The molecule has 0 saturated heterocycles. The molecule has 0 fully saturated rings. The molecule has 0 aliphatic rings. The highest BCUT2D eigenvalue weighted by Crippen LogP contribution is 2.25. The average Bonchev–Trinajstić information content (AvgIpc) is 2.95. The number of carboxylic acids is 1. The quantitative estimate of drug-likeness (QED) is 0.343. The van der Waals surface area contributed by atoms with Gasteiger partial charge in [-0.2, -0.15) is 5.10 Å². The van der Waals surface area contributed by atoms with Crippen LogP contribution in [0.5, 0.6) is 0 Å². The zero-order chi connectivity index (χ0) is 21.1. The summed E-state index contributed by atoms with van der Waals surface area (Å²) in [6.07, 6.45) is 1.65. The number of halogens is 1. The standard InChI is InChI=1S/C20H17ClN4O4/c1-12-9-14(11-22-23-15-3-5-16(6-4-15)25(28)29)13(2)24(12)17-7-8-18(20(26)27)19(21)10-17/h3-11,23H,1-2H3,(H,26,27)/b22-11-. The number of carbonyl (C=O) groups is 1. The maximum absolute atomic E-state index is 11.1. The number of rotatable bonds is 6. The average molecular weight is 413 g/mol. The van der Waals surface area contributed by atoms with Crippen LogP contribution in [-0.4, -0.2) is 26.8 Å². The van der Waals surface area contributed by atoms with Gasteiger partial charge in [-0.3, -0.25) is 15.5 Å². The van der Waals surface area contributed by atoms with Crippen LogP contribution in [0, 0.1) is 24.0 Å². The molecule has 0 saturated carbocycles. The summed E-state index contributed by atoms with van der Waals surface area (Å²) in [4.78, 5) is 21.4. The Morgan fingerprint density at radius 3 is 2.48 bits per heavy atom. The molecule has 9 heteroatoms. The number of nitro groups is 1. The van der Waals surface area contributed by atoms with Crippen molar-refractivity contribution in [2.45, 2.75) is 13.8 Å². The van der Waals surface area contributed by atoms with Gasteiger partial charge in [-0.15, -0.1) is 0 Å². The maximum Gasteiger partial charge on any atom is 0.337 e. The van der Waals surface area contributed by atoms with Gasteiger partial charge in [0.25, 0.3) is 5.69 Å². The molecule has 3 aromatic rings. The molecule has 0 amide bonds. The number of nitrogens with one attached hydrogen (secondary N) is 1. The lowest BCUT2D eigenvalue weighted by Gasteiger charge is -2.11. The first-order chi connectivity index (χ1) is 13.8. The van der Waals surface area contributed by atoms with Crippen LogP contribution in [0.2, 0.25) is 5.02 Å². The molecule has 2 aromatic carbocycles. The number of hydrogen-bond acceptors (Lipinski definition) is 5. The van der Waals surface area contributed by atoms with Crippen LogP contribution in [0.1, 0.15) is 27.3 Å². The number of non-ortho nitro benzene ring substituents is 1. The zero-order valence-corrected chi connectivity index (χ0v) is 16.3. The van der Waals surface area contributed by atoms with Gasteiger partial charge in [0.15, 0.2) is 0 Å².